The fourth-order valence-corrected chi connectivity index (χ4v) is 2.67. The fourth-order valence-electron chi connectivity index (χ4n) is 2.67. The van der Waals surface area contributed by atoms with Gasteiger partial charge in [0.05, 0.1) is 13.0 Å². The number of carbonyl (C=O) groups is 2. The van der Waals surface area contributed by atoms with Crippen LogP contribution in [0.1, 0.15) is 30.0 Å². The lowest BCUT2D eigenvalue weighted by molar-refractivity contribution is -0.144. The van der Waals surface area contributed by atoms with Crippen LogP contribution in [0.25, 0.3) is 0 Å². The maximum absolute atomic E-state index is 12.7. The van der Waals surface area contributed by atoms with Crippen molar-refractivity contribution in [2.24, 2.45) is 0 Å². The number of carbonyl (C=O) groups excluding carboxylic acids is 2. The second kappa shape index (κ2) is 10.4. The maximum Gasteiger partial charge on any atom is 0.307 e. The normalized spacial score (nSPS) is 10.3. The minimum atomic E-state index is -0.307. The van der Waals surface area contributed by atoms with Gasteiger partial charge in [-0.3, -0.25) is 9.59 Å². The van der Waals surface area contributed by atoms with Crippen LogP contribution in [-0.4, -0.2) is 36.5 Å². The lowest BCUT2D eigenvalue weighted by atomic mass is 10.1. The largest absolute Gasteiger partial charge is 0.483 e. The third-order valence-corrected chi connectivity index (χ3v) is 4.37. The first-order valence-electron chi connectivity index (χ1n) is 9.17. The highest BCUT2D eigenvalue weighted by atomic mass is 16.5. The summed E-state index contributed by atoms with van der Waals surface area (Å²) in [5.74, 6) is 0.233. The summed E-state index contributed by atoms with van der Waals surface area (Å²) in [6.45, 7) is 6.73. The van der Waals surface area contributed by atoms with E-state index in [0.717, 1.165) is 16.7 Å². The number of aryl methyl sites for hydroxylation is 1. The van der Waals surface area contributed by atoms with Crippen molar-refractivity contribution in [1.82, 2.24) is 4.90 Å². The molecular formula is C22H27NO4. The van der Waals surface area contributed by atoms with Crippen LogP contribution in [0.4, 0.5) is 0 Å². The number of hydrogen-bond acceptors (Lipinski definition) is 4. The second-order valence-corrected chi connectivity index (χ2v) is 6.34. The van der Waals surface area contributed by atoms with Gasteiger partial charge < -0.3 is 14.4 Å². The van der Waals surface area contributed by atoms with Gasteiger partial charge in [0.15, 0.2) is 6.61 Å². The summed E-state index contributed by atoms with van der Waals surface area (Å²) in [6.07, 6.45) is 0.163. The molecule has 0 aliphatic heterocycles. The first-order chi connectivity index (χ1) is 13.0. The molecule has 5 nitrogen and oxygen atoms in total. The summed E-state index contributed by atoms with van der Waals surface area (Å²) in [6, 6.07) is 15.5. The highest BCUT2D eigenvalue weighted by Crippen LogP contribution is 2.20. The van der Waals surface area contributed by atoms with Crippen molar-refractivity contribution in [3.05, 3.63) is 65.2 Å². The van der Waals surface area contributed by atoms with E-state index >= 15 is 0 Å². The van der Waals surface area contributed by atoms with Crippen LogP contribution in [0, 0.1) is 13.8 Å². The van der Waals surface area contributed by atoms with Crippen LogP contribution in [0.5, 0.6) is 5.75 Å². The molecule has 5 heteroatoms. The third kappa shape index (κ3) is 6.44. The molecule has 0 spiro atoms. The van der Waals surface area contributed by atoms with Crippen LogP contribution in [0.3, 0.4) is 0 Å². The Morgan fingerprint density at radius 3 is 2.44 bits per heavy atom. The van der Waals surface area contributed by atoms with Crippen LogP contribution in [-0.2, 0) is 20.9 Å². The summed E-state index contributed by atoms with van der Waals surface area (Å²) < 4.78 is 10.7. The number of esters is 1. The Morgan fingerprint density at radius 1 is 1.00 bits per heavy atom. The Balaban J connectivity index is 2.02. The van der Waals surface area contributed by atoms with Gasteiger partial charge in [0, 0.05) is 13.1 Å². The second-order valence-electron chi connectivity index (χ2n) is 6.34. The number of nitrogens with zero attached hydrogens (tertiary/aromatic N) is 1. The molecule has 2 aromatic carbocycles. The molecular weight excluding hydrogens is 342 g/mol. The van der Waals surface area contributed by atoms with Crippen LogP contribution < -0.4 is 4.74 Å². The Labute approximate surface area is 160 Å². The number of hydrogen-bond donors (Lipinski definition) is 0. The smallest absolute Gasteiger partial charge is 0.307 e. The van der Waals surface area contributed by atoms with E-state index < -0.39 is 0 Å². The predicted molar refractivity (Wildman–Crippen MR) is 105 cm³/mol. The summed E-state index contributed by atoms with van der Waals surface area (Å²) in [5.41, 5.74) is 3.14. The lowest BCUT2D eigenvalue weighted by Crippen LogP contribution is -2.36. The van der Waals surface area contributed by atoms with Crippen molar-refractivity contribution in [3.63, 3.8) is 0 Å². The molecule has 0 aliphatic carbocycles. The molecule has 144 valence electrons. The molecule has 2 aromatic rings. The average Bonchev–Trinajstić information content (AvgIpc) is 2.67. The summed E-state index contributed by atoms with van der Waals surface area (Å²) in [7, 11) is 0. The molecule has 0 bridgehead atoms. The zero-order chi connectivity index (χ0) is 19.6. The highest BCUT2D eigenvalue weighted by molar-refractivity contribution is 5.78. The van der Waals surface area contributed by atoms with Gasteiger partial charge in [-0.05, 0) is 43.5 Å². The zero-order valence-electron chi connectivity index (χ0n) is 16.2. The van der Waals surface area contributed by atoms with Gasteiger partial charge in [0.2, 0.25) is 0 Å². The molecule has 0 fully saturated rings. The van der Waals surface area contributed by atoms with E-state index in [1.54, 1.807) is 11.8 Å². The van der Waals surface area contributed by atoms with E-state index in [9.17, 15) is 9.59 Å². The number of ether oxygens (including phenoxy) is 2. The Morgan fingerprint density at radius 2 is 1.74 bits per heavy atom. The molecule has 0 radical (unpaired) electrons. The molecule has 0 atom stereocenters. The van der Waals surface area contributed by atoms with Crippen molar-refractivity contribution in [1.29, 1.82) is 0 Å². The molecule has 0 unspecified atom stereocenters. The summed E-state index contributed by atoms with van der Waals surface area (Å²) >= 11 is 0. The first-order valence-corrected chi connectivity index (χ1v) is 9.17. The molecule has 0 saturated carbocycles. The van der Waals surface area contributed by atoms with Crippen molar-refractivity contribution in [2.75, 3.05) is 19.8 Å². The van der Waals surface area contributed by atoms with Gasteiger partial charge in [0.1, 0.15) is 5.75 Å². The molecule has 0 N–H and O–H groups in total. The van der Waals surface area contributed by atoms with Gasteiger partial charge in [-0.2, -0.15) is 0 Å². The van der Waals surface area contributed by atoms with Crippen LogP contribution in [0.2, 0.25) is 0 Å². The molecule has 2 rings (SSSR count). The topological polar surface area (TPSA) is 55.8 Å². The minimum Gasteiger partial charge on any atom is -0.483 e. The van der Waals surface area contributed by atoms with E-state index in [-0.39, 0.29) is 24.9 Å². The predicted octanol–water partition coefficient (Wildman–Crippen LogP) is 3.66. The minimum absolute atomic E-state index is 0.0695. The summed E-state index contributed by atoms with van der Waals surface area (Å²) in [4.78, 5) is 26.1. The molecule has 1 amide bonds. The number of benzene rings is 2. The highest BCUT2D eigenvalue weighted by Gasteiger charge is 2.17. The molecule has 0 aromatic heterocycles. The van der Waals surface area contributed by atoms with Gasteiger partial charge in [-0.25, -0.2) is 0 Å². The Hall–Kier alpha value is -2.82. The maximum atomic E-state index is 12.7. The van der Waals surface area contributed by atoms with Gasteiger partial charge in [0.25, 0.3) is 5.91 Å². The van der Waals surface area contributed by atoms with E-state index in [1.165, 1.54) is 0 Å². The third-order valence-electron chi connectivity index (χ3n) is 4.37. The van der Waals surface area contributed by atoms with E-state index in [2.05, 4.69) is 0 Å². The van der Waals surface area contributed by atoms with Crippen LogP contribution >= 0.6 is 0 Å². The van der Waals surface area contributed by atoms with Gasteiger partial charge in [-0.1, -0.05) is 42.5 Å². The molecule has 0 heterocycles. The monoisotopic (exact) mass is 369 g/mol. The molecule has 27 heavy (non-hydrogen) atoms. The van der Waals surface area contributed by atoms with Crippen molar-refractivity contribution < 1.29 is 19.1 Å². The molecule has 0 aliphatic rings. The summed E-state index contributed by atoms with van der Waals surface area (Å²) in [5, 5.41) is 0. The van der Waals surface area contributed by atoms with Gasteiger partial charge in [-0.15, -0.1) is 0 Å². The number of rotatable bonds is 9. The first kappa shape index (κ1) is 20.5. The van der Waals surface area contributed by atoms with Crippen molar-refractivity contribution in [3.8, 4) is 5.75 Å². The van der Waals surface area contributed by atoms with E-state index in [1.807, 2.05) is 62.4 Å². The number of amides is 1. The SMILES string of the molecule is CCOC(=O)CCN(Cc1ccccc1)C(=O)COc1cccc(C)c1C. The van der Waals surface area contributed by atoms with Gasteiger partial charge >= 0.3 is 5.97 Å². The van der Waals surface area contributed by atoms with Crippen molar-refractivity contribution in [2.45, 2.75) is 33.7 Å². The lowest BCUT2D eigenvalue weighted by Gasteiger charge is -2.23. The average molecular weight is 369 g/mol. The molecule has 0 saturated heterocycles. The zero-order valence-corrected chi connectivity index (χ0v) is 16.2. The standard InChI is InChI=1S/C22H27NO4/c1-4-26-22(25)13-14-23(15-19-10-6-5-7-11-19)21(24)16-27-20-12-8-9-17(2)18(20)3/h5-12H,4,13-16H2,1-3H3. The fraction of sp³-hybridized carbons (Fsp3) is 0.364. The van der Waals surface area contributed by atoms with E-state index in [0.29, 0.717) is 25.4 Å². The Kier molecular flexibility index (Phi) is 7.86. The van der Waals surface area contributed by atoms with Crippen molar-refractivity contribution >= 4 is 11.9 Å². The van der Waals surface area contributed by atoms with Crippen LogP contribution in [0.15, 0.2) is 48.5 Å². The Bertz CT molecular complexity index is 758. The quantitative estimate of drug-likeness (QED) is 0.633. The van der Waals surface area contributed by atoms with E-state index in [4.69, 9.17) is 9.47 Å².